The number of likely N-dealkylation sites (tertiary alicyclic amines) is 1. The highest BCUT2D eigenvalue weighted by atomic mass is 16.2. The fourth-order valence-corrected chi connectivity index (χ4v) is 4.24. The maximum absolute atomic E-state index is 13.2. The molecule has 0 atom stereocenters. The molecule has 0 unspecified atom stereocenters. The van der Waals surface area contributed by atoms with Gasteiger partial charge < -0.3 is 10.2 Å². The van der Waals surface area contributed by atoms with E-state index in [0.29, 0.717) is 11.8 Å². The molecule has 2 aromatic carbocycles. The molecule has 0 bridgehead atoms. The number of benzene rings is 2. The van der Waals surface area contributed by atoms with Crippen LogP contribution in [-0.2, 0) is 11.2 Å². The minimum absolute atomic E-state index is 0.235. The predicted octanol–water partition coefficient (Wildman–Crippen LogP) is 3.22. The molecular weight excluding hydrogens is 308 g/mol. The van der Waals surface area contributed by atoms with Crippen LogP contribution in [0.5, 0.6) is 0 Å². The van der Waals surface area contributed by atoms with Crippen LogP contribution in [0.2, 0.25) is 0 Å². The number of piperidine rings is 1. The molecule has 0 saturated carbocycles. The van der Waals surface area contributed by atoms with Gasteiger partial charge in [0.05, 0.1) is 5.41 Å². The van der Waals surface area contributed by atoms with Crippen molar-refractivity contribution in [3.05, 3.63) is 71.8 Å². The Morgan fingerprint density at radius 3 is 2.12 bits per heavy atom. The third-order valence-corrected chi connectivity index (χ3v) is 5.82. The summed E-state index contributed by atoms with van der Waals surface area (Å²) in [5.41, 5.74) is 2.44. The van der Waals surface area contributed by atoms with Crippen LogP contribution in [0.25, 0.3) is 0 Å². The standard InChI is InChI=1S/C22H26N2O/c25-21(22(16-23-17-22)15-18-7-3-1-4-8-18)24-13-11-20(12-14-24)19-9-5-2-6-10-19/h1-10,20,23H,11-17H2. The number of rotatable bonds is 4. The molecule has 2 aliphatic heterocycles. The first-order valence-corrected chi connectivity index (χ1v) is 9.36. The Labute approximate surface area is 150 Å². The molecule has 0 spiro atoms. The maximum Gasteiger partial charge on any atom is 0.231 e. The summed E-state index contributed by atoms with van der Waals surface area (Å²) >= 11 is 0. The van der Waals surface area contributed by atoms with E-state index in [1.807, 2.05) is 6.07 Å². The number of hydrogen-bond donors (Lipinski definition) is 1. The largest absolute Gasteiger partial charge is 0.342 e. The van der Waals surface area contributed by atoms with Gasteiger partial charge in [0.15, 0.2) is 0 Å². The molecule has 3 heteroatoms. The van der Waals surface area contributed by atoms with Crippen molar-refractivity contribution in [3.63, 3.8) is 0 Å². The van der Waals surface area contributed by atoms with Crippen LogP contribution in [0, 0.1) is 5.41 Å². The Balaban J connectivity index is 1.41. The third-order valence-electron chi connectivity index (χ3n) is 5.82. The quantitative estimate of drug-likeness (QED) is 0.931. The number of carbonyl (C=O) groups excluding carboxylic acids is 1. The van der Waals surface area contributed by atoms with Crippen LogP contribution in [-0.4, -0.2) is 37.0 Å². The Bertz CT molecular complexity index is 701. The van der Waals surface area contributed by atoms with Gasteiger partial charge in [0.1, 0.15) is 0 Å². The molecule has 3 nitrogen and oxygen atoms in total. The molecule has 0 radical (unpaired) electrons. The summed E-state index contributed by atoms with van der Waals surface area (Å²) in [5, 5.41) is 3.33. The average molecular weight is 334 g/mol. The van der Waals surface area contributed by atoms with E-state index >= 15 is 0 Å². The molecule has 2 aliphatic rings. The van der Waals surface area contributed by atoms with Crippen molar-refractivity contribution in [2.24, 2.45) is 5.41 Å². The van der Waals surface area contributed by atoms with Crippen LogP contribution < -0.4 is 5.32 Å². The molecule has 2 heterocycles. The molecule has 130 valence electrons. The lowest BCUT2D eigenvalue weighted by atomic mass is 9.74. The van der Waals surface area contributed by atoms with E-state index in [2.05, 4.69) is 64.8 Å². The number of nitrogens with one attached hydrogen (secondary N) is 1. The van der Waals surface area contributed by atoms with Crippen LogP contribution in [0.15, 0.2) is 60.7 Å². The highest BCUT2D eigenvalue weighted by Crippen LogP contribution is 2.34. The second kappa shape index (κ2) is 7.01. The predicted molar refractivity (Wildman–Crippen MR) is 100 cm³/mol. The number of hydrogen-bond acceptors (Lipinski definition) is 2. The van der Waals surface area contributed by atoms with Gasteiger partial charge in [-0.3, -0.25) is 4.79 Å². The van der Waals surface area contributed by atoms with E-state index < -0.39 is 0 Å². The minimum Gasteiger partial charge on any atom is -0.342 e. The Hall–Kier alpha value is -2.13. The molecule has 2 aromatic rings. The summed E-state index contributed by atoms with van der Waals surface area (Å²) in [7, 11) is 0. The summed E-state index contributed by atoms with van der Waals surface area (Å²) in [6.07, 6.45) is 2.99. The normalized spacial score (nSPS) is 20.1. The van der Waals surface area contributed by atoms with Crippen LogP contribution in [0.3, 0.4) is 0 Å². The van der Waals surface area contributed by atoms with Gasteiger partial charge in [-0.25, -0.2) is 0 Å². The Morgan fingerprint density at radius 1 is 0.960 bits per heavy atom. The van der Waals surface area contributed by atoms with E-state index in [0.717, 1.165) is 45.4 Å². The zero-order valence-electron chi connectivity index (χ0n) is 14.7. The highest BCUT2D eigenvalue weighted by Gasteiger charge is 2.46. The monoisotopic (exact) mass is 334 g/mol. The summed E-state index contributed by atoms with van der Waals surface area (Å²) in [5.74, 6) is 0.941. The zero-order chi connectivity index (χ0) is 17.1. The van der Waals surface area contributed by atoms with Crippen molar-refractivity contribution in [2.75, 3.05) is 26.2 Å². The van der Waals surface area contributed by atoms with Gasteiger partial charge in [-0.2, -0.15) is 0 Å². The Kier molecular flexibility index (Phi) is 4.58. The molecule has 2 fully saturated rings. The van der Waals surface area contributed by atoms with E-state index in [-0.39, 0.29) is 5.41 Å². The smallest absolute Gasteiger partial charge is 0.231 e. The zero-order valence-corrected chi connectivity index (χ0v) is 14.7. The van der Waals surface area contributed by atoms with E-state index in [9.17, 15) is 4.79 Å². The molecule has 4 rings (SSSR count). The maximum atomic E-state index is 13.2. The van der Waals surface area contributed by atoms with Crippen LogP contribution >= 0.6 is 0 Å². The van der Waals surface area contributed by atoms with Crippen molar-refractivity contribution in [1.29, 1.82) is 0 Å². The number of carbonyl (C=O) groups is 1. The second-order valence-corrected chi connectivity index (χ2v) is 7.52. The number of nitrogens with zero attached hydrogens (tertiary/aromatic N) is 1. The highest BCUT2D eigenvalue weighted by molar-refractivity contribution is 5.85. The van der Waals surface area contributed by atoms with E-state index in [4.69, 9.17) is 0 Å². The summed E-state index contributed by atoms with van der Waals surface area (Å²) < 4.78 is 0. The molecule has 1 amide bonds. The van der Waals surface area contributed by atoms with Gasteiger partial charge in [-0.05, 0) is 36.3 Å². The van der Waals surface area contributed by atoms with Crippen molar-refractivity contribution < 1.29 is 4.79 Å². The fourth-order valence-electron chi connectivity index (χ4n) is 4.24. The summed E-state index contributed by atoms with van der Waals surface area (Å²) in [6.45, 7) is 3.38. The molecule has 2 saturated heterocycles. The van der Waals surface area contributed by atoms with Crippen molar-refractivity contribution in [1.82, 2.24) is 10.2 Å². The van der Waals surface area contributed by atoms with Gasteiger partial charge in [0, 0.05) is 26.2 Å². The Morgan fingerprint density at radius 2 is 1.56 bits per heavy atom. The van der Waals surface area contributed by atoms with Gasteiger partial charge in [0.2, 0.25) is 5.91 Å². The summed E-state index contributed by atoms with van der Waals surface area (Å²) in [4.78, 5) is 15.4. The third kappa shape index (κ3) is 3.34. The van der Waals surface area contributed by atoms with Crippen molar-refractivity contribution >= 4 is 5.91 Å². The lowest BCUT2D eigenvalue weighted by Crippen LogP contribution is -2.63. The lowest BCUT2D eigenvalue weighted by Gasteiger charge is -2.46. The molecule has 0 aliphatic carbocycles. The summed E-state index contributed by atoms with van der Waals surface area (Å²) in [6, 6.07) is 21.2. The minimum atomic E-state index is -0.235. The molecule has 1 N–H and O–H groups in total. The first-order chi connectivity index (χ1) is 12.3. The van der Waals surface area contributed by atoms with Crippen molar-refractivity contribution in [2.45, 2.75) is 25.2 Å². The fraction of sp³-hybridized carbons (Fsp3) is 0.409. The average Bonchev–Trinajstić information content (AvgIpc) is 2.66. The molecular formula is C22H26N2O. The van der Waals surface area contributed by atoms with E-state index in [1.165, 1.54) is 11.1 Å². The van der Waals surface area contributed by atoms with Crippen LogP contribution in [0.1, 0.15) is 29.9 Å². The van der Waals surface area contributed by atoms with Crippen LogP contribution in [0.4, 0.5) is 0 Å². The number of amides is 1. The first kappa shape index (κ1) is 16.3. The lowest BCUT2D eigenvalue weighted by molar-refractivity contribution is -0.146. The van der Waals surface area contributed by atoms with Gasteiger partial charge in [-0.15, -0.1) is 0 Å². The van der Waals surface area contributed by atoms with Gasteiger partial charge in [-0.1, -0.05) is 60.7 Å². The molecule has 0 aromatic heterocycles. The SMILES string of the molecule is O=C(N1CCC(c2ccccc2)CC1)C1(Cc2ccccc2)CNC1. The topological polar surface area (TPSA) is 32.3 Å². The van der Waals surface area contributed by atoms with E-state index in [1.54, 1.807) is 0 Å². The van der Waals surface area contributed by atoms with Gasteiger partial charge >= 0.3 is 0 Å². The molecule has 25 heavy (non-hydrogen) atoms. The van der Waals surface area contributed by atoms with Gasteiger partial charge in [0.25, 0.3) is 0 Å². The second-order valence-electron chi connectivity index (χ2n) is 7.52. The van der Waals surface area contributed by atoms with Crippen molar-refractivity contribution in [3.8, 4) is 0 Å². The first-order valence-electron chi connectivity index (χ1n) is 9.36.